The van der Waals surface area contributed by atoms with E-state index >= 15 is 0 Å². The number of hydrogen-bond donors (Lipinski definition) is 1. The quantitative estimate of drug-likeness (QED) is 0.943. The van der Waals surface area contributed by atoms with E-state index in [2.05, 4.69) is 5.32 Å². The normalized spacial score (nSPS) is 17.3. The van der Waals surface area contributed by atoms with E-state index in [-0.39, 0.29) is 23.5 Å². The Balaban J connectivity index is 1.58. The first kappa shape index (κ1) is 15.2. The number of rotatable bonds is 4. The molecule has 1 atom stereocenters. The van der Waals surface area contributed by atoms with Gasteiger partial charge in [-0.2, -0.15) is 0 Å². The summed E-state index contributed by atoms with van der Waals surface area (Å²) < 4.78 is 13.0. The highest BCUT2D eigenvalue weighted by molar-refractivity contribution is 5.96. The minimum Gasteiger partial charge on any atom is -0.352 e. The molecule has 0 radical (unpaired) electrons. The van der Waals surface area contributed by atoms with Crippen molar-refractivity contribution < 1.29 is 14.0 Å². The summed E-state index contributed by atoms with van der Waals surface area (Å²) in [5.74, 6) is -0.416. The fourth-order valence-electron chi connectivity index (χ4n) is 2.72. The fraction of sp³-hybridized carbons (Fsp3) is 0.222. The summed E-state index contributed by atoms with van der Waals surface area (Å²) in [6, 6.07) is 14.8. The van der Waals surface area contributed by atoms with Crippen molar-refractivity contribution in [2.24, 2.45) is 5.92 Å². The second-order valence-corrected chi connectivity index (χ2v) is 5.63. The molecule has 1 unspecified atom stereocenters. The summed E-state index contributed by atoms with van der Waals surface area (Å²) in [6.45, 7) is 0.969. The van der Waals surface area contributed by atoms with E-state index in [1.165, 1.54) is 12.1 Å². The van der Waals surface area contributed by atoms with Crippen LogP contribution in [0.15, 0.2) is 54.6 Å². The number of halogens is 1. The fourth-order valence-corrected chi connectivity index (χ4v) is 2.72. The van der Waals surface area contributed by atoms with Gasteiger partial charge in [-0.1, -0.05) is 18.2 Å². The van der Waals surface area contributed by atoms with Crippen LogP contribution in [0.25, 0.3) is 0 Å². The molecule has 1 saturated heterocycles. The van der Waals surface area contributed by atoms with Crippen LogP contribution in [0.1, 0.15) is 16.8 Å². The van der Waals surface area contributed by atoms with Gasteiger partial charge in [-0.25, -0.2) is 4.39 Å². The number of amides is 2. The van der Waals surface area contributed by atoms with Crippen molar-refractivity contribution in [3.05, 3.63) is 66.0 Å². The molecule has 0 aromatic heterocycles. The van der Waals surface area contributed by atoms with Crippen molar-refractivity contribution in [1.29, 1.82) is 0 Å². The van der Waals surface area contributed by atoms with Gasteiger partial charge in [0.2, 0.25) is 5.91 Å². The Labute approximate surface area is 133 Å². The van der Waals surface area contributed by atoms with Gasteiger partial charge in [0.15, 0.2) is 0 Å². The zero-order chi connectivity index (χ0) is 16.2. The lowest BCUT2D eigenvalue weighted by Gasteiger charge is -2.17. The standard InChI is InChI=1S/C18H17FN2O2/c19-15-6-8-16(9-7-15)21-12-13(10-17(21)22)11-20-18(23)14-4-2-1-3-5-14/h1-9,13H,10-12H2,(H,20,23). The van der Waals surface area contributed by atoms with Gasteiger partial charge < -0.3 is 10.2 Å². The first-order valence-electron chi connectivity index (χ1n) is 7.52. The molecule has 3 rings (SSSR count). The number of hydrogen-bond acceptors (Lipinski definition) is 2. The zero-order valence-corrected chi connectivity index (χ0v) is 12.5. The van der Waals surface area contributed by atoms with Gasteiger partial charge in [-0.15, -0.1) is 0 Å². The van der Waals surface area contributed by atoms with Crippen LogP contribution in [-0.2, 0) is 4.79 Å². The summed E-state index contributed by atoms with van der Waals surface area (Å²) in [5.41, 5.74) is 1.29. The lowest BCUT2D eigenvalue weighted by atomic mass is 10.1. The molecule has 1 heterocycles. The topological polar surface area (TPSA) is 49.4 Å². The molecule has 5 heteroatoms. The van der Waals surface area contributed by atoms with Crippen molar-refractivity contribution in [3.8, 4) is 0 Å². The van der Waals surface area contributed by atoms with Crippen LogP contribution in [0, 0.1) is 11.7 Å². The maximum Gasteiger partial charge on any atom is 0.251 e. The highest BCUT2D eigenvalue weighted by atomic mass is 19.1. The number of nitrogens with one attached hydrogen (secondary N) is 1. The van der Waals surface area contributed by atoms with Crippen molar-refractivity contribution in [2.75, 3.05) is 18.0 Å². The van der Waals surface area contributed by atoms with Crippen LogP contribution in [0.3, 0.4) is 0 Å². The van der Waals surface area contributed by atoms with E-state index in [0.29, 0.717) is 30.8 Å². The number of carbonyl (C=O) groups excluding carboxylic acids is 2. The number of anilines is 1. The van der Waals surface area contributed by atoms with E-state index in [9.17, 15) is 14.0 Å². The highest BCUT2D eigenvalue weighted by Gasteiger charge is 2.30. The Hall–Kier alpha value is -2.69. The largest absolute Gasteiger partial charge is 0.352 e. The molecule has 118 valence electrons. The van der Waals surface area contributed by atoms with Crippen LogP contribution in [-0.4, -0.2) is 24.9 Å². The number of nitrogens with zero attached hydrogens (tertiary/aromatic N) is 1. The molecule has 1 N–H and O–H groups in total. The smallest absolute Gasteiger partial charge is 0.251 e. The lowest BCUT2D eigenvalue weighted by molar-refractivity contribution is -0.117. The Morgan fingerprint density at radius 3 is 2.52 bits per heavy atom. The predicted molar refractivity (Wildman–Crippen MR) is 85.6 cm³/mol. The Bertz CT molecular complexity index is 701. The molecular formula is C18H17FN2O2. The van der Waals surface area contributed by atoms with Gasteiger partial charge in [-0.3, -0.25) is 9.59 Å². The molecule has 1 aliphatic rings. The molecule has 2 aromatic rings. The second kappa shape index (κ2) is 6.60. The van der Waals surface area contributed by atoms with E-state index in [1.54, 1.807) is 29.2 Å². The predicted octanol–water partition coefficient (Wildman–Crippen LogP) is 2.61. The summed E-state index contributed by atoms with van der Waals surface area (Å²) >= 11 is 0. The summed E-state index contributed by atoms with van der Waals surface area (Å²) in [5, 5.41) is 2.86. The van der Waals surface area contributed by atoms with Gasteiger partial charge in [-0.05, 0) is 36.4 Å². The van der Waals surface area contributed by atoms with Crippen LogP contribution >= 0.6 is 0 Å². The third-order valence-corrected chi connectivity index (χ3v) is 3.93. The van der Waals surface area contributed by atoms with Gasteiger partial charge in [0.1, 0.15) is 5.82 Å². The molecule has 1 aliphatic heterocycles. The lowest BCUT2D eigenvalue weighted by Crippen LogP contribution is -2.31. The van der Waals surface area contributed by atoms with E-state index < -0.39 is 0 Å². The van der Waals surface area contributed by atoms with Crippen molar-refractivity contribution in [3.63, 3.8) is 0 Å². The molecule has 23 heavy (non-hydrogen) atoms. The molecule has 2 aromatic carbocycles. The minimum absolute atomic E-state index is 0.00410. The average molecular weight is 312 g/mol. The minimum atomic E-state index is -0.327. The molecule has 0 bridgehead atoms. The molecule has 0 aliphatic carbocycles. The van der Waals surface area contributed by atoms with Crippen LogP contribution in [0.2, 0.25) is 0 Å². The van der Waals surface area contributed by atoms with Crippen molar-refractivity contribution >= 4 is 17.5 Å². The van der Waals surface area contributed by atoms with Crippen LogP contribution in [0.5, 0.6) is 0 Å². The zero-order valence-electron chi connectivity index (χ0n) is 12.5. The Kier molecular flexibility index (Phi) is 4.37. The second-order valence-electron chi connectivity index (χ2n) is 5.63. The number of carbonyl (C=O) groups is 2. The summed E-state index contributed by atoms with van der Waals surface area (Å²) in [7, 11) is 0. The van der Waals surface area contributed by atoms with Gasteiger partial charge >= 0.3 is 0 Å². The third kappa shape index (κ3) is 3.56. The first-order valence-corrected chi connectivity index (χ1v) is 7.52. The Morgan fingerprint density at radius 1 is 1.13 bits per heavy atom. The first-order chi connectivity index (χ1) is 11.1. The third-order valence-electron chi connectivity index (χ3n) is 3.93. The van der Waals surface area contributed by atoms with Crippen molar-refractivity contribution in [1.82, 2.24) is 5.32 Å². The summed E-state index contributed by atoms with van der Waals surface area (Å²) in [6.07, 6.45) is 0.381. The average Bonchev–Trinajstić information content (AvgIpc) is 2.95. The molecule has 2 amide bonds. The molecule has 0 spiro atoms. The van der Waals surface area contributed by atoms with Crippen molar-refractivity contribution in [2.45, 2.75) is 6.42 Å². The van der Waals surface area contributed by atoms with E-state index in [1.807, 2.05) is 18.2 Å². The van der Waals surface area contributed by atoms with Gasteiger partial charge in [0, 0.05) is 36.7 Å². The summed E-state index contributed by atoms with van der Waals surface area (Å²) in [4.78, 5) is 25.8. The maximum absolute atomic E-state index is 13.0. The van der Waals surface area contributed by atoms with Crippen LogP contribution < -0.4 is 10.2 Å². The highest BCUT2D eigenvalue weighted by Crippen LogP contribution is 2.24. The van der Waals surface area contributed by atoms with Gasteiger partial charge in [0.05, 0.1) is 0 Å². The number of benzene rings is 2. The monoisotopic (exact) mass is 312 g/mol. The molecule has 0 saturated carbocycles. The molecule has 1 fully saturated rings. The Morgan fingerprint density at radius 2 is 1.83 bits per heavy atom. The van der Waals surface area contributed by atoms with E-state index in [0.717, 1.165) is 0 Å². The molecular weight excluding hydrogens is 295 g/mol. The van der Waals surface area contributed by atoms with Crippen LogP contribution in [0.4, 0.5) is 10.1 Å². The maximum atomic E-state index is 13.0. The van der Waals surface area contributed by atoms with E-state index in [4.69, 9.17) is 0 Å². The SMILES string of the molecule is O=C(NCC1CC(=O)N(c2ccc(F)cc2)C1)c1ccccc1. The molecule has 4 nitrogen and oxygen atoms in total. The van der Waals surface area contributed by atoms with Gasteiger partial charge in [0.25, 0.3) is 5.91 Å².